The van der Waals surface area contributed by atoms with Crippen LogP contribution in [0.15, 0.2) is 29.1 Å². The fraction of sp³-hybridized carbons (Fsp3) is 0.842. The maximum Gasteiger partial charge on any atom is 0.268 e. The Morgan fingerprint density at radius 3 is 1.15 bits per heavy atom. The van der Waals surface area contributed by atoms with E-state index in [9.17, 15) is 14.7 Å². The van der Waals surface area contributed by atoms with Crippen LogP contribution < -0.4 is 5.56 Å². The minimum absolute atomic E-state index is 0.0961. The molecular weight excluding hydrogens is 956 g/mol. The van der Waals surface area contributed by atoms with Crippen molar-refractivity contribution in [3.8, 4) is 0 Å². The van der Waals surface area contributed by atoms with Crippen molar-refractivity contribution >= 4 is 28.4 Å². The summed E-state index contributed by atoms with van der Waals surface area (Å²) >= 11 is 6.04. The second kappa shape index (κ2) is 41.0. The topological polar surface area (TPSA) is 164 Å². The fourth-order valence-corrected chi connectivity index (χ4v) is 7.98. The number of hydrogen-bond acceptors (Lipinski definition) is 14. The van der Waals surface area contributed by atoms with Gasteiger partial charge in [-0.25, -0.2) is 9.55 Å². The molecule has 1 N–H and O–H groups in total. The van der Waals surface area contributed by atoms with Crippen molar-refractivity contribution in [1.82, 2.24) is 9.55 Å². The summed E-state index contributed by atoms with van der Waals surface area (Å²) in [5, 5.41) is 9.73. The molecule has 0 spiro atoms. The van der Waals surface area contributed by atoms with Gasteiger partial charge in [0.1, 0.15) is 17.8 Å². The number of halogens is 1. The van der Waals surface area contributed by atoms with Gasteiger partial charge < -0.3 is 52.5 Å². The highest BCUT2D eigenvalue weighted by atomic mass is 35.5. The Morgan fingerprint density at radius 2 is 0.808 bits per heavy atom. The van der Waals surface area contributed by atoms with Gasteiger partial charge in [-0.05, 0) is 87.8 Å². The van der Waals surface area contributed by atoms with Crippen LogP contribution in [-0.2, 0) is 47.4 Å². The van der Waals surface area contributed by atoms with Crippen LogP contribution in [0.25, 0.3) is 10.9 Å². The third-order valence-corrected chi connectivity index (χ3v) is 12.6. The Morgan fingerprint density at radius 1 is 0.493 bits per heavy atom. The number of ether oxygens (including phenoxy) is 10. The standard InChI is InChI=1S/C57H101ClN2O13/c1-12-13-14-15-16-17-18-19-20-21-22-23-24-25-30-54(56-59-53-29-27-26-28-52(53)57(63)60(56)55(62)31-58)73-41-51(11)72-40-50(10)71-39-49(9)70-38-48(8)69-37-47(7)68-36-46(6)67-35-45(5)66-34-44(4)65-33-43(3)64-32-42(2)61/h26-29,42-51,54,61H,12-25,30-41H2,1-11H3. The third-order valence-electron chi connectivity index (χ3n) is 12.4. The van der Waals surface area contributed by atoms with Crippen molar-refractivity contribution in [3.63, 3.8) is 0 Å². The number of hydrogen-bond donors (Lipinski definition) is 1. The van der Waals surface area contributed by atoms with Crippen LogP contribution in [0.5, 0.6) is 0 Å². The van der Waals surface area contributed by atoms with Crippen LogP contribution in [0, 0.1) is 0 Å². The number of aliphatic hydroxyl groups is 1. The van der Waals surface area contributed by atoms with Crippen molar-refractivity contribution < 1.29 is 57.3 Å². The van der Waals surface area contributed by atoms with Crippen molar-refractivity contribution in [1.29, 1.82) is 0 Å². The molecule has 15 nitrogen and oxygen atoms in total. The van der Waals surface area contributed by atoms with Gasteiger partial charge in [0.2, 0.25) is 5.91 Å². The summed E-state index contributed by atoms with van der Waals surface area (Å²) in [7, 11) is 0. The molecular formula is C57H101ClN2O13. The lowest BCUT2D eigenvalue weighted by Gasteiger charge is -2.24. The first-order chi connectivity index (χ1) is 35.0. The first kappa shape index (κ1) is 67.0. The minimum Gasteiger partial charge on any atom is -0.391 e. The monoisotopic (exact) mass is 1060 g/mol. The van der Waals surface area contributed by atoms with E-state index in [0.29, 0.717) is 70.2 Å². The van der Waals surface area contributed by atoms with Gasteiger partial charge >= 0.3 is 0 Å². The molecule has 0 saturated carbocycles. The zero-order valence-electron chi connectivity index (χ0n) is 47.2. The Kier molecular flexibility index (Phi) is 37.7. The highest BCUT2D eigenvalue weighted by Gasteiger charge is 2.25. The summed E-state index contributed by atoms with van der Waals surface area (Å²) in [5.41, 5.74) is 0.0823. The molecule has 0 aliphatic heterocycles. The van der Waals surface area contributed by atoms with Crippen molar-refractivity contribution in [2.75, 3.05) is 71.9 Å². The molecule has 1 aromatic carbocycles. The minimum atomic E-state index is -0.600. The Balaban J connectivity index is 1.71. The first-order valence-electron chi connectivity index (χ1n) is 28.0. The molecule has 2 aromatic rings. The number of nitrogens with zero attached hydrogens (tertiary/aromatic N) is 2. The van der Waals surface area contributed by atoms with Crippen molar-refractivity contribution in [3.05, 3.63) is 40.4 Å². The van der Waals surface area contributed by atoms with E-state index < -0.39 is 23.7 Å². The van der Waals surface area contributed by atoms with Gasteiger partial charge in [0.05, 0.1) is 138 Å². The van der Waals surface area contributed by atoms with E-state index in [4.69, 9.17) is 64.0 Å². The predicted octanol–water partition coefficient (Wildman–Crippen LogP) is 11.2. The second-order valence-electron chi connectivity index (χ2n) is 20.5. The summed E-state index contributed by atoms with van der Waals surface area (Å²) in [5.74, 6) is -0.590. The number of fused-ring (bicyclic) bond motifs is 1. The van der Waals surface area contributed by atoms with Gasteiger partial charge in [0, 0.05) is 0 Å². The molecule has 1 heterocycles. The first-order valence-corrected chi connectivity index (χ1v) is 28.5. The number of alkyl halides is 1. The second-order valence-corrected chi connectivity index (χ2v) is 20.8. The van der Waals surface area contributed by atoms with Gasteiger partial charge in [0.25, 0.3) is 5.56 Å². The number of carbonyl (C=O) groups is 1. The average Bonchev–Trinajstić information content (AvgIpc) is 3.38. The lowest BCUT2D eigenvalue weighted by molar-refractivity contribution is -0.113. The summed E-state index contributed by atoms with van der Waals surface area (Å²) < 4.78 is 61.1. The zero-order chi connectivity index (χ0) is 53.8. The molecule has 0 aliphatic rings. The summed E-state index contributed by atoms with van der Waals surface area (Å²) in [6.45, 7) is 25.4. The number of rotatable bonds is 47. The van der Waals surface area contributed by atoms with Crippen LogP contribution in [0.4, 0.5) is 0 Å². The fourth-order valence-electron chi connectivity index (χ4n) is 7.86. The molecule has 0 fully saturated rings. The number of benzene rings is 1. The Labute approximate surface area is 445 Å². The molecule has 1 aromatic heterocycles. The van der Waals surface area contributed by atoms with E-state index in [1.165, 1.54) is 70.6 Å². The van der Waals surface area contributed by atoms with Gasteiger partial charge in [-0.3, -0.25) is 9.59 Å². The van der Waals surface area contributed by atoms with Gasteiger partial charge in [-0.1, -0.05) is 109 Å². The predicted molar refractivity (Wildman–Crippen MR) is 291 cm³/mol. The smallest absolute Gasteiger partial charge is 0.268 e. The maximum atomic E-state index is 13.7. The van der Waals surface area contributed by atoms with Gasteiger partial charge in [-0.15, -0.1) is 11.6 Å². The largest absolute Gasteiger partial charge is 0.391 e. The number of carbonyl (C=O) groups excluding carboxylic acids is 1. The van der Waals surface area contributed by atoms with Crippen molar-refractivity contribution in [2.45, 2.75) is 240 Å². The Hall–Kier alpha value is -2.12. The molecule has 0 radical (unpaired) electrons. The number of aliphatic hydroxyl groups excluding tert-OH is 1. The van der Waals surface area contributed by atoms with E-state index in [-0.39, 0.29) is 79.9 Å². The van der Waals surface area contributed by atoms with E-state index >= 15 is 0 Å². The third kappa shape index (κ3) is 31.6. The van der Waals surface area contributed by atoms with E-state index in [2.05, 4.69) is 6.92 Å². The van der Waals surface area contributed by atoms with Crippen molar-refractivity contribution in [2.24, 2.45) is 0 Å². The SMILES string of the molecule is CCCCCCCCCCCCCCCCC(OCC(C)OCC(C)OCC(C)OCC(C)OCC(C)OCC(C)OCC(C)OCC(C)OCC(C)OCC(C)O)c1nc2ccccc2c(=O)n1C(=O)CCl. The summed E-state index contributed by atoms with van der Waals surface area (Å²) in [6.07, 6.45) is 15.7. The van der Waals surface area contributed by atoms with Crippen LogP contribution in [0.2, 0.25) is 0 Å². The Bertz CT molecular complexity index is 1740. The molecule has 11 unspecified atom stereocenters. The summed E-state index contributed by atoms with van der Waals surface area (Å²) in [4.78, 5) is 31.6. The summed E-state index contributed by atoms with van der Waals surface area (Å²) in [6, 6.07) is 7.06. The molecule has 0 saturated heterocycles. The van der Waals surface area contributed by atoms with Crippen LogP contribution in [-0.4, -0.2) is 154 Å². The molecule has 0 amide bonds. The van der Waals surface area contributed by atoms with Gasteiger partial charge in [0.15, 0.2) is 0 Å². The lowest BCUT2D eigenvalue weighted by atomic mass is 10.0. The normalized spacial score (nSPS) is 16.7. The number of para-hydroxylation sites is 1. The maximum absolute atomic E-state index is 13.7. The van der Waals surface area contributed by atoms with Crippen LogP contribution in [0.3, 0.4) is 0 Å². The zero-order valence-corrected chi connectivity index (χ0v) is 47.9. The van der Waals surface area contributed by atoms with Gasteiger partial charge in [-0.2, -0.15) is 0 Å². The highest BCUT2D eigenvalue weighted by molar-refractivity contribution is 6.27. The molecule has 424 valence electrons. The molecule has 73 heavy (non-hydrogen) atoms. The molecule has 0 bridgehead atoms. The van der Waals surface area contributed by atoms with Crippen LogP contribution >= 0.6 is 11.6 Å². The highest BCUT2D eigenvalue weighted by Crippen LogP contribution is 2.25. The van der Waals surface area contributed by atoms with E-state index in [0.717, 1.165) is 23.8 Å². The van der Waals surface area contributed by atoms with Crippen LogP contribution in [0.1, 0.15) is 189 Å². The molecule has 2 rings (SSSR count). The van der Waals surface area contributed by atoms with E-state index in [1.54, 1.807) is 25.1 Å². The van der Waals surface area contributed by atoms with E-state index in [1.807, 2.05) is 68.4 Å². The molecule has 0 aliphatic carbocycles. The average molecular weight is 1060 g/mol. The lowest BCUT2D eigenvalue weighted by Crippen LogP contribution is -2.34. The quantitative estimate of drug-likeness (QED) is 0.0492. The molecule has 11 atom stereocenters. The number of unbranched alkanes of at least 4 members (excludes halogenated alkanes) is 13. The molecule has 16 heteroatoms. The number of aromatic nitrogens is 2.